The standard InChI is InChI=1S/C13H12F3N3OS3/c1-2-21-11-18-19-12(23-11)22-7-10(20)17-9-6-4-3-5-8(9)13(14,15)16/h3-6H,2,7H2,1H3,(H,17,20). The van der Waals surface area contributed by atoms with E-state index in [2.05, 4.69) is 15.5 Å². The van der Waals surface area contributed by atoms with Crippen molar-refractivity contribution in [1.82, 2.24) is 10.2 Å². The van der Waals surface area contributed by atoms with Gasteiger partial charge in [-0.3, -0.25) is 4.79 Å². The highest BCUT2D eigenvalue weighted by molar-refractivity contribution is 8.03. The third-order valence-electron chi connectivity index (χ3n) is 2.49. The Hall–Kier alpha value is -1.26. The molecule has 0 saturated carbocycles. The van der Waals surface area contributed by atoms with Gasteiger partial charge in [-0.1, -0.05) is 53.9 Å². The summed E-state index contributed by atoms with van der Waals surface area (Å²) in [5.74, 6) is 0.317. The van der Waals surface area contributed by atoms with Crippen LogP contribution in [-0.4, -0.2) is 27.6 Å². The van der Waals surface area contributed by atoms with Crippen LogP contribution in [-0.2, 0) is 11.0 Å². The summed E-state index contributed by atoms with van der Waals surface area (Å²) in [5.41, 5.74) is -1.11. The molecule has 0 radical (unpaired) electrons. The number of amides is 1. The minimum absolute atomic E-state index is 0.0301. The number of anilines is 1. The fourth-order valence-corrected chi connectivity index (χ4v) is 4.31. The predicted octanol–water partition coefficient (Wildman–Crippen LogP) is 4.40. The molecule has 0 aliphatic heterocycles. The number of para-hydroxylation sites is 1. The number of thioether (sulfide) groups is 2. The number of carbonyl (C=O) groups is 1. The number of nitrogens with zero attached hydrogens (tertiary/aromatic N) is 2. The summed E-state index contributed by atoms with van der Waals surface area (Å²) in [5, 5.41) is 10.2. The molecule has 0 aliphatic rings. The average molecular weight is 379 g/mol. The molecule has 4 nitrogen and oxygen atoms in total. The second kappa shape index (κ2) is 8.02. The second-order valence-electron chi connectivity index (χ2n) is 4.15. The topological polar surface area (TPSA) is 54.9 Å². The first-order chi connectivity index (χ1) is 10.9. The molecule has 0 saturated heterocycles. The summed E-state index contributed by atoms with van der Waals surface area (Å²) in [6.45, 7) is 1.99. The molecule has 0 atom stereocenters. The number of alkyl halides is 3. The van der Waals surface area contributed by atoms with Crippen molar-refractivity contribution in [2.24, 2.45) is 0 Å². The van der Waals surface area contributed by atoms with Crippen molar-refractivity contribution < 1.29 is 18.0 Å². The van der Waals surface area contributed by atoms with Gasteiger partial charge in [-0.15, -0.1) is 10.2 Å². The van der Waals surface area contributed by atoms with E-state index in [-0.39, 0.29) is 11.4 Å². The van der Waals surface area contributed by atoms with Gasteiger partial charge in [-0.25, -0.2) is 0 Å². The van der Waals surface area contributed by atoms with Crippen molar-refractivity contribution >= 4 is 46.5 Å². The van der Waals surface area contributed by atoms with Crippen molar-refractivity contribution in [2.45, 2.75) is 21.8 Å². The largest absolute Gasteiger partial charge is 0.418 e. The van der Waals surface area contributed by atoms with Gasteiger partial charge in [0.25, 0.3) is 0 Å². The molecular weight excluding hydrogens is 367 g/mol. The fourth-order valence-electron chi connectivity index (χ4n) is 1.59. The van der Waals surface area contributed by atoms with Crippen LogP contribution in [0.5, 0.6) is 0 Å². The lowest BCUT2D eigenvalue weighted by atomic mass is 10.1. The lowest BCUT2D eigenvalue weighted by molar-refractivity contribution is -0.137. The van der Waals surface area contributed by atoms with Crippen molar-refractivity contribution in [3.8, 4) is 0 Å². The molecule has 2 aromatic rings. The van der Waals surface area contributed by atoms with Crippen LogP contribution in [0, 0.1) is 0 Å². The van der Waals surface area contributed by atoms with Gasteiger partial charge in [-0.2, -0.15) is 13.2 Å². The first-order valence-corrected chi connectivity index (χ1v) is 9.24. The first kappa shape index (κ1) is 18.1. The van der Waals surface area contributed by atoms with Crippen LogP contribution in [0.25, 0.3) is 0 Å². The Balaban J connectivity index is 1.95. The van der Waals surface area contributed by atoms with Crippen LogP contribution in [0.4, 0.5) is 18.9 Å². The Morgan fingerprint density at radius 2 is 1.87 bits per heavy atom. The van der Waals surface area contributed by atoms with Gasteiger partial charge in [0.1, 0.15) is 0 Å². The summed E-state index contributed by atoms with van der Waals surface area (Å²) in [6.07, 6.45) is -4.51. The Kier molecular flexibility index (Phi) is 6.31. The van der Waals surface area contributed by atoms with Gasteiger partial charge < -0.3 is 5.32 Å². The van der Waals surface area contributed by atoms with Crippen LogP contribution < -0.4 is 5.32 Å². The number of benzene rings is 1. The van der Waals surface area contributed by atoms with E-state index in [0.29, 0.717) is 4.34 Å². The maximum atomic E-state index is 12.8. The molecule has 0 fully saturated rings. The van der Waals surface area contributed by atoms with Gasteiger partial charge in [-0.05, 0) is 17.9 Å². The Morgan fingerprint density at radius 1 is 1.22 bits per heavy atom. The smallest absolute Gasteiger partial charge is 0.325 e. The average Bonchev–Trinajstić information content (AvgIpc) is 2.93. The quantitative estimate of drug-likeness (QED) is 0.754. The molecule has 1 aromatic heterocycles. The molecule has 0 unspecified atom stereocenters. The number of hydrogen-bond donors (Lipinski definition) is 1. The number of hydrogen-bond acceptors (Lipinski definition) is 6. The molecular formula is C13H12F3N3OS3. The summed E-state index contributed by atoms with van der Waals surface area (Å²) >= 11 is 4.05. The van der Waals surface area contributed by atoms with Gasteiger partial charge in [0.2, 0.25) is 5.91 Å². The normalized spacial score (nSPS) is 11.5. The monoisotopic (exact) mass is 379 g/mol. The highest BCUT2D eigenvalue weighted by Crippen LogP contribution is 2.35. The third-order valence-corrected chi connectivity index (χ3v) is 5.56. The van der Waals surface area contributed by atoms with E-state index in [1.165, 1.54) is 29.5 Å². The van der Waals surface area contributed by atoms with Crippen molar-refractivity contribution in [2.75, 3.05) is 16.8 Å². The number of nitrogens with one attached hydrogen (secondary N) is 1. The molecule has 1 amide bonds. The minimum Gasteiger partial charge on any atom is -0.325 e. The fraction of sp³-hybridized carbons (Fsp3) is 0.308. The van der Waals surface area contributed by atoms with Crippen molar-refractivity contribution in [3.05, 3.63) is 29.8 Å². The van der Waals surface area contributed by atoms with Crippen LogP contribution >= 0.6 is 34.9 Å². The zero-order valence-electron chi connectivity index (χ0n) is 11.9. The molecule has 0 bridgehead atoms. The van der Waals surface area contributed by atoms with E-state index in [4.69, 9.17) is 0 Å². The maximum absolute atomic E-state index is 12.8. The van der Waals surface area contributed by atoms with Crippen molar-refractivity contribution in [3.63, 3.8) is 0 Å². The highest BCUT2D eigenvalue weighted by atomic mass is 32.2. The van der Waals surface area contributed by atoms with Gasteiger partial charge >= 0.3 is 6.18 Å². The lowest BCUT2D eigenvalue weighted by Crippen LogP contribution is -2.18. The highest BCUT2D eigenvalue weighted by Gasteiger charge is 2.33. The van der Waals surface area contributed by atoms with Crippen molar-refractivity contribution in [1.29, 1.82) is 0 Å². The minimum atomic E-state index is -4.51. The van der Waals surface area contributed by atoms with E-state index < -0.39 is 17.6 Å². The van der Waals surface area contributed by atoms with E-state index in [1.54, 1.807) is 11.8 Å². The van der Waals surface area contributed by atoms with E-state index in [0.717, 1.165) is 27.9 Å². The molecule has 1 heterocycles. The molecule has 23 heavy (non-hydrogen) atoms. The zero-order valence-corrected chi connectivity index (χ0v) is 14.3. The van der Waals surface area contributed by atoms with E-state index >= 15 is 0 Å². The number of carbonyl (C=O) groups excluding carboxylic acids is 1. The van der Waals surface area contributed by atoms with Crippen LogP contribution in [0.1, 0.15) is 12.5 Å². The van der Waals surface area contributed by atoms with Crippen LogP contribution in [0.15, 0.2) is 32.9 Å². The summed E-state index contributed by atoms with van der Waals surface area (Å²) in [6, 6.07) is 4.88. The van der Waals surface area contributed by atoms with Gasteiger partial charge in [0.15, 0.2) is 8.68 Å². The third kappa shape index (κ3) is 5.40. The molecule has 124 valence electrons. The number of rotatable bonds is 6. The Labute approximate surface area is 143 Å². The maximum Gasteiger partial charge on any atom is 0.418 e. The number of halogens is 3. The SMILES string of the molecule is CCSc1nnc(SCC(=O)Nc2ccccc2C(F)(F)F)s1. The van der Waals surface area contributed by atoms with E-state index in [9.17, 15) is 18.0 Å². The Morgan fingerprint density at radius 3 is 2.52 bits per heavy atom. The Bertz CT molecular complexity index is 676. The molecule has 0 spiro atoms. The van der Waals surface area contributed by atoms with Gasteiger partial charge in [0, 0.05) is 0 Å². The van der Waals surface area contributed by atoms with E-state index in [1.807, 2.05) is 6.92 Å². The molecule has 1 aromatic carbocycles. The van der Waals surface area contributed by atoms with Gasteiger partial charge in [0.05, 0.1) is 17.0 Å². The van der Waals surface area contributed by atoms with Crippen LogP contribution in [0.2, 0.25) is 0 Å². The first-order valence-electron chi connectivity index (χ1n) is 6.45. The zero-order chi connectivity index (χ0) is 16.9. The lowest BCUT2D eigenvalue weighted by Gasteiger charge is -2.13. The predicted molar refractivity (Wildman–Crippen MR) is 87.1 cm³/mol. The summed E-state index contributed by atoms with van der Waals surface area (Å²) in [4.78, 5) is 11.8. The number of aromatic nitrogens is 2. The summed E-state index contributed by atoms with van der Waals surface area (Å²) in [7, 11) is 0. The molecule has 2 rings (SSSR count). The summed E-state index contributed by atoms with van der Waals surface area (Å²) < 4.78 is 40.0. The van der Waals surface area contributed by atoms with Crippen LogP contribution in [0.3, 0.4) is 0 Å². The molecule has 10 heteroatoms. The molecule has 1 N–H and O–H groups in total. The molecule has 0 aliphatic carbocycles. The second-order valence-corrected chi connectivity index (χ2v) is 7.86.